The summed E-state index contributed by atoms with van der Waals surface area (Å²) >= 11 is 5.96. The van der Waals surface area contributed by atoms with Crippen LogP contribution >= 0.6 is 11.6 Å². The van der Waals surface area contributed by atoms with E-state index in [1.54, 1.807) is 0 Å². The summed E-state index contributed by atoms with van der Waals surface area (Å²) in [5.41, 5.74) is 1.11. The van der Waals surface area contributed by atoms with Gasteiger partial charge < -0.3 is 0 Å². The highest BCUT2D eigenvalue weighted by Crippen LogP contribution is 2.32. The molecule has 2 heteroatoms. The maximum absolute atomic E-state index is 11.8. The van der Waals surface area contributed by atoms with Crippen molar-refractivity contribution in [3.05, 3.63) is 35.9 Å². The molecule has 0 aliphatic heterocycles. The van der Waals surface area contributed by atoms with E-state index in [2.05, 4.69) is 0 Å². The van der Waals surface area contributed by atoms with Crippen molar-refractivity contribution >= 4 is 17.4 Å². The summed E-state index contributed by atoms with van der Waals surface area (Å²) in [6.45, 7) is 0. The predicted molar refractivity (Wildman–Crippen MR) is 57.7 cm³/mol. The van der Waals surface area contributed by atoms with E-state index in [1.807, 2.05) is 30.3 Å². The van der Waals surface area contributed by atoms with Crippen LogP contribution in [-0.4, -0.2) is 11.2 Å². The Labute approximate surface area is 89.1 Å². The summed E-state index contributed by atoms with van der Waals surface area (Å²) in [7, 11) is 0. The maximum Gasteiger partial charge on any atom is 0.158 e. The molecule has 0 aromatic heterocycles. The van der Waals surface area contributed by atoms with Crippen molar-refractivity contribution in [2.45, 2.75) is 30.6 Å². The smallest absolute Gasteiger partial charge is 0.158 e. The molecule has 1 aliphatic rings. The Kier molecular flexibility index (Phi) is 2.87. The maximum atomic E-state index is 11.8. The van der Waals surface area contributed by atoms with Gasteiger partial charge in [0.15, 0.2) is 5.78 Å². The lowest BCUT2D eigenvalue weighted by molar-refractivity contribution is -0.121. The number of benzene rings is 1. The van der Waals surface area contributed by atoms with Gasteiger partial charge in [-0.15, -0.1) is 11.6 Å². The van der Waals surface area contributed by atoms with E-state index in [0.717, 1.165) is 24.8 Å². The van der Waals surface area contributed by atoms with E-state index in [4.69, 9.17) is 11.6 Å². The highest BCUT2D eigenvalue weighted by Gasteiger charge is 2.30. The van der Waals surface area contributed by atoms with Crippen molar-refractivity contribution in [1.82, 2.24) is 0 Å². The summed E-state index contributed by atoms with van der Waals surface area (Å²) in [5.74, 6) is 0.233. The topological polar surface area (TPSA) is 17.1 Å². The number of carbonyl (C=O) groups excluding carboxylic acids is 1. The number of rotatable bonds is 1. The van der Waals surface area contributed by atoms with E-state index >= 15 is 0 Å². The Morgan fingerprint density at radius 1 is 1.14 bits per heavy atom. The molecule has 0 N–H and O–H groups in total. The number of alkyl halides is 1. The quantitative estimate of drug-likeness (QED) is 0.648. The molecular formula is C12H13ClO. The third-order valence-electron chi connectivity index (χ3n) is 2.80. The van der Waals surface area contributed by atoms with Crippen LogP contribution in [0, 0.1) is 0 Å². The molecule has 1 saturated carbocycles. The Hall–Kier alpha value is -0.820. The molecule has 0 amide bonds. The normalized spacial score (nSPS) is 27.6. The fourth-order valence-corrected chi connectivity index (χ4v) is 2.33. The molecule has 0 bridgehead atoms. The van der Waals surface area contributed by atoms with E-state index < -0.39 is 0 Å². The zero-order chi connectivity index (χ0) is 9.97. The molecule has 1 nitrogen and oxygen atoms in total. The molecule has 2 atom stereocenters. The second kappa shape index (κ2) is 4.14. The zero-order valence-corrected chi connectivity index (χ0v) is 8.70. The van der Waals surface area contributed by atoms with Gasteiger partial charge in [0.25, 0.3) is 0 Å². The lowest BCUT2D eigenvalue weighted by atomic mass is 9.83. The molecule has 0 spiro atoms. The Morgan fingerprint density at radius 2 is 1.86 bits per heavy atom. The van der Waals surface area contributed by atoms with Crippen LogP contribution in [0.4, 0.5) is 0 Å². The van der Waals surface area contributed by atoms with Crippen LogP contribution in [0.15, 0.2) is 30.3 Å². The van der Waals surface area contributed by atoms with Gasteiger partial charge in [-0.25, -0.2) is 0 Å². The minimum Gasteiger partial charge on any atom is -0.297 e. The van der Waals surface area contributed by atoms with Crippen LogP contribution in [0.3, 0.4) is 0 Å². The lowest BCUT2D eigenvalue weighted by Gasteiger charge is -2.24. The first-order chi connectivity index (χ1) is 6.79. The SMILES string of the molecule is O=C1C(Cl)CCCC1c1ccccc1. The summed E-state index contributed by atoms with van der Waals surface area (Å²) in [4.78, 5) is 11.8. The van der Waals surface area contributed by atoms with Gasteiger partial charge in [0.1, 0.15) is 0 Å². The van der Waals surface area contributed by atoms with Gasteiger partial charge in [0, 0.05) is 5.92 Å². The van der Waals surface area contributed by atoms with Gasteiger partial charge in [0.2, 0.25) is 0 Å². The monoisotopic (exact) mass is 208 g/mol. The van der Waals surface area contributed by atoms with Crippen molar-refractivity contribution in [3.63, 3.8) is 0 Å². The van der Waals surface area contributed by atoms with Gasteiger partial charge in [0.05, 0.1) is 5.38 Å². The van der Waals surface area contributed by atoms with Crippen LogP contribution in [0.1, 0.15) is 30.7 Å². The molecule has 0 saturated heterocycles. The molecule has 1 fully saturated rings. The fourth-order valence-electron chi connectivity index (χ4n) is 2.02. The standard InChI is InChI=1S/C12H13ClO/c13-11-8-4-7-10(12(11)14)9-5-2-1-3-6-9/h1-3,5-6,10-11H,4,7-8H2. The average molecular weight is 209 g/mol. The second-order valence-corrected chi connectivity index (χ2v) is 4.29. The average Bonchev–Trinajstić information content (AvgIpc) is 2.23. The van der Waals surface area contributed by atoms with E-state index in [0.29, 0.717) is 0 Å². The minimum atomic E-state index is -0.269. The molecule has 74 valence electrons. The molecule has 0 heterocycles. The largest absolute Gasteiger partial charge is 0.297 e. The van der Waals surface area contributed by atoms with E-state index in [1.165, 1.54) is 0 Å². The molecule has 1 aromatic carbocycles. The van der Waals surface area contributed by atoms with Gasteiger partial charge >= 0.3 is 0 Å². The fraction of sp³-hybridized carbons (Fsp3) is 0.417. The highest BCUT2D eigenvalue weighted by atomic mass is 35.5. The number of hydrogen-bond acceptors (Lipinski definition) is 1. The molecule has 2 rings (SSSR count). The zero-order valence-electron chi connectivity index (χ0n) is 7.95. The lowest BCUT2D eigenvalue weighted by Crippen LogP contribution is -2.27. The van der Waals surface area contributed by atoms with E-state index in [-0.39, 0.29) is 17.1 Å². The third kappa shape index (κ3) is 1.83. The number of carbonyl (C=O) groups is 1. The summed E-state index contributed by atoms with van der Waals surface area (Å²) in [6.07, 6.45) is 2.84. The summed E-state index contributed by atoms with van der Waals surface area (Å²) < 4.78 is 0. The predicted octanol–water partition coefficient (Wildman–Crippen LogP) is 3.13. The second-order valence-electron chi connectivity index (χ2n) is 3.76. The van der Waals surface area contributed by atoms with Gasteiger partial charge in [-0.3, -0.25) is 4.79 Å². The van der Waals surface area contributed by atoms with Gasteiger partial charge in [-0.05, 0) is 18.4 Å². The Bertz CT molecular complexity index is 320. The molecule has 14 heavy (non-hydrogen) atoms. The van der Waals surface area contributed by atoms with Crippen LogP contribution < -0.4 is 0 Å². The molecule has 0 radical (unpaired) electrons. The van der Waals surface area contributed by atoms with Crippen molar-refractivity contribution in [2.75, 3.05) is 0 Å². The third-order valence-corrected chi connectivity index (χ3v) is 3.24. The van der Waals surface area contributed by atoms with Crippen molar-refractivity contribution in [1.29, 1.82) is 0 Å². The van der Waals surface area contributed by atoms with Crippen LogP contribution in [-0.2, 0) is 4.79 Å². The Balaban J connectivity index is 2.22. The minimum absolute atomic E-state index is 0.0347. The molecule has 2 unspecified atom stereocenters. The van der Waals surface area contributed by atoms with Gasteiger partial charge in [-0.2, -0.15) is 0 Å². The highest BCUT2D eigenvalue weighted by molar-refractivity contribution is 6.32. The van der Waals surface area contributed by atoms with Crippen molar-refractivity contribution < 1.29 is 4.79 Å². The van der Waals surface area contributed by atoms with Gasteiger partial charge in [-0.1, -0.05) is 36.8 Å². The van der Waals surface area contributed by atoms with Crippen LogP contribution in [0.2, 0.25) is 0 Å². The number of ketones is 1. The van der Waals surface area contributed by atoms with E-state index in [9.17, 15) is 4.79 Å². The number of Topliss-reactive ketones (excluding diaryl/α,β-unsaturated/α-hetero) is 1. The number of halogens is 1. The first kappa shape index (κ1) is 9.72. The summed E-state index contributed by atoms with van der Waals surface area (Å²) in [6, 6.07) is 9.94. The first-order valence-corrected chi connectivity index (χ1v) is 5.45. The first-order valence-electron chi connectivity index (χ1n) is 5.02. The Morgan fingerprint density at radius 3 is 2.57 bits per heavy atom. The van der Waals surface area contributed by atoms with Crippen molar-refractivity contribution in [3.8, 4) is 0 Å². The molecular weight excluding hydrogens is 196 g/mol. The van der Waals surface area contributed by atoms with Crippen LogP contribution in [0.25, 0.3) is 0 Å². The molecule has 1 aliphatic carbocycles. The van der Waals surface area contributed by atoms with Crippen LogP contribution in [0.5, 0.6) is 0 Å². The summed E-state index contributed by atoms with van der Waals surface area (Å²) in [5, 5.41) is -0.269. The molecule has 1 aromatic rings. The van der Waals surface area contributed by atoms with Crippen molar-refractivity contribution in [2.24, 2.45) is 0 Å². The number of hydrogen-bond donors (Lipinski definition) is 0.